The van der Waals surface area contributed by atoms with Gasteiger partial charge in [0.25, 0.3) is 0 Å². The highest BCUT2D eigenvalue weighted by molar-refractivity contribution is 6.46. The molecule has 2 heterocycles. The lowest BCUT2D eigenvalue weighted by molar-refractivity contribution is -0.0449. The van der Waals surface area contributed by atoms with Crippen molar-refractivity contribution >= 4 is 17.0 Å². The van der Waals surface area contributed by atoms with Crippen molar-refractivity contribution in [3.05, 3.63) is 41.2 Å². The fraction of sp³-hybridized carbons (Fsp3) is 0.524. The second-order valence-electron chi connectivity index (χ2n) is 7.51. The minimum Gasteiger partial charge on any atom is -0.384 e. The second kappa shape index (κ2) is 7.89. The van der Waals surface area contributed by atoms with Crippen LogP contribution in [0.25, 0.3) is 5.52 Å². The van der Waals surface area contributed by atoms with Crippen molar-refractivity contribution in [3.8, 4) is 0 Å². The normalized spacial score (nSPS) is 17.3. The van der Waals surface area contributed by atoms with Crippen molar-refractivity contribution in [2.45, 2.75) is 51.4 Å². The Balaban J connectivity index is 1.81. The van der Waals surface area contributed by atoms with Crippen molar-refractivity contribution in [1.29, 1.82) is 5.41 Å². The van der Waals surface area contributed by atoms with Crippen molar-refractivity contribution in [3.63, 3.8) is 0 Å². The lowest BCUT2D eigenvalue weighted by Crippen LogP contribution is -2.27. The van der Waals surface area contributed by atoms with E-state index in [2.05, 4.69) is 0 Å². The summed E-state index contributed by atoms with van der Waals surface area (Å²) in [4.78, 5) is 13.0. The Bertz CT molecular complexity index is 847. The zero-order chi connectivity index (χ0) is 19.6. The van der Waals surface area contributed by atoms with Crippen LogP contribution in [0.5, 0.6) is 0 Å². The number of halogens is 2. The molecule has 0 saturated heterocycles. The van der Waals surface area contributed by atoms with E-state index in [1.165, 1.54) is 0 Å². The molecular weight excluding hydrogens is 350 g/mol. The molecule has 6 heteroatoms. The minimum atomic E-state index is -2.59. The Morgan fingerprint density at radius 2 is 2.07 bits per heavy atom. The van der Waals surface area contributed by atoms with Crippen LogP contribution in [0.2, 0.25) is 0 Å². The fourth-order valence-corrected chi connectivity index (χ4v) is 3.92. The molecule has 0 amide bonds. The number of hydrogen-bond acceptors (Lipinski definition) is 3. The van der Waals surface area contributed by atoms with Gasteiger partial charge < -0.3 is 14.5 Å². The van der Waals surface area contributed by atoms with E-state index in [1.807, 2.05) is 35.7 Å². The molecule has 0 radical (unpaired) electrons. The summed E-state index contributed by atoms with van der Waals surface area (Å²) >= 11 is 0. The molecule has 4 nitrogen and oxygen atoms in total. The predicted molar refractivity (Wildman–Crippen MR) is 101 cm³/mol. The zero-order valence-electron chi connectivity index (χ0n) is 15.9. The molecule has 2 aromatic heterocycles. The third-order valence-corrected chi connectivity index (χ3v) is 5.48. The number of carbonyl (C=O) groups is 1. The first-order valence-electron chi connectivity index (χ1n) is 9.41. The first-order valence-corrected chi connectivity index (χ1v) is 9.41. The summed E-state index contributed by atoms with van der Waals surface area (Å²) in [5.74, 6) is -2.90. The Morgan fingerprint density at radius 1 is 1.37 bits per heavy atom. The van der Waals surface area contributed by atoms with Crippen LogP contribution in [0.4, 0.5) is 8.78 Å². The van der Waals surface area contributed by atoms with Gasteiger partial charge in [-0.2, -0.15) is 0 Å². The molecular formula is C21H26F2N2O2. The van der Waals surface area contributed by atoms with Gasteiger partial charge in [0.15, 0.2) is 0 Å². The average Bonchev–Trinajstić information content (AvgIpc) is 3.01. The maximum Gasteiger partial charge on any atom is 0.248 e. The molecule has 0 atom stereocenters. The van der Waals surface area contributed by atoms with Gasteiger partial charge in [-0.25, -0.2) is 8.78 Å². The van der Waals surface area contributed by atoms with Gasteiger partial charge in [0.1, 0.15) is 0 Å². The zero-order valence-corrected chi connectivity index (χ0v) is 15.9. The highest BCUT2D eigenvalue weighted by Crippen LogP contribution is 2.37. The number of pyridine rings is 1. The van der Waals surface area contributed by atoms with E-state index in [1.54, 1.807) is 7.11 Å². The standard InChI is InChI=1S/C21H26F2N2O2/c1-14-4-3-10-25-16(7-11-27-2)13-17(19(14)25)20(26)18(24)12-15-5-8-21(22,23)9-6-15/h3-4,10,13,15,24H,5-9,11-12H2,1-2H3. The number of aromatic nitrogens is 1. The molecule has 0 bridgehead atoms. The summed E-state index contributed by atoms with van der Waals surface area (Å²) in [7, 11) is 1.64. The number of aryl methyl sites for hydroxylation is 1. The topological polar surface area (TPSA) is 54.6 Å². The summed E-state index contributed by atoms with van der Waals surface area (Å²) in [5, 5.41) is 8.29. The molecule has 0 aromatic carbocycles. The van der Waals surface area contributed by atoms with Gasteiger partial charge in [-0.3, -0.25) is 4.79 Å². The number of ketones is 1. The molecule has 0 aliphatic heterocycles. The number of hydrogen-bond donors (Lipinski definition) is 1. The quantitative estimate of drug-likeness (QED) is 0.554. The van der Waals surface area contributed by atoms with Gasteiger partial charge in [-0.15, -0.1) is 0 Å². The molecule has 0 unspecified atom stereocenters. The summed E-state index contributed by atoms with van der Waals surface area (Å²) in [6.07, 6.45) is 3.31. The third kappa shape index (κ3) is 4.26. The molecule has 146 valence electrons. The van der Waals surface area contributed by atoms with E-state index in [0.29, 0.717) is 31.4 Å². The third-order valence-electron chi connectivity index (χ3n) is 5.48. The number of methoxy groups -OCH3 is 1. The van der Waals surface area contributed by atoms with E-state index in [9.17, 15) is 13.6 Å². The van der Waals surface area contributed by atoms with Crippen molar-refractivity contribution in [2.75, 3.05) is 13.7 Å². The number of Topliss-reactive ketones (excluding diaryl/α,β-unsaturated/α-hetero) is 1. The number of rotatable bonds is 7. The van der Waals surface area contributed by atoms with Gasteiger partial charge in [0, 0.05) is 43.8 Å². The molecule has 2 aromatic rings. The van der Waals surface area contributed by atoms with Crippen molar-refractivity contribution in [1.82, 2.24) is 4.40 Å². The van der Waals surface area contributed by atoms with Crippen LogP contribution >= 0.6 is 0 Å². The van der Waals surface area contributed by atoms with Crippen LogP contribution in [0.15, 0.2) is 24.4 Å². The minimum absolute atomic E-state index is 0.0102. The Morgan fingerprint density at radius 3 is 2.74 bits per heavy atom. The lowest BCUT2D eigenvalue weighted by Gasteiger charge is -2.28. The molecule has 1 aliphatic rings. The SMILES string of the molecule is COCCc1cc(C(=O)C(=N)CC2CCC(F)(F)CC2)c2c(C)cccn12. The predicted octanol–water partition coefficient (Wildman–Crippen LogP) is 4.85. The van der Waals surface area contributed by atoms with E-state index in [0.717, 1.165) is 16.8 Å². The second-order valence-corrected chi connectivity index (χ2v) is 7.51. The van der Waals surface area contributed by atoms with Gasteiger partial charge in [-0.1, -0.05) is 6.07 Å². The largest absolute Gasteiger partial charge is 0.384 e. The maximum absolute atomic E-state index is 13.3. The monoisotopic (exact) mass is 376 g/mol. The molecule has 1 fully saturated rings. The van der Waals surface area contributed by atoms with Gasteiger partial charge in [-0.05, 0) is 49.8 Å². The molecule has 1 saturated carbocycles. The van der Waals surface area contributed by atoms with Crippen LogP contribution in [-0.4, -0.2) is 35.5 Å². The number of carbonyl (C=O) groups excluding carboxylic acids is 1. The van der Waals surface area contributed by atoms with E-state index in [4.69, 9.17) is 10.1 Å². The summed E-state index contributed by atoms with van der Waals surface area (Å²) in [5.41, 5.74) is 3.27. The first kappa shape index (κ1) is 19.7. The first-order chi connectivity index (χ1) is 12.8. The number of fused-ring (bicyclic) bond motifs is 1. The molecule has 1 aliphatic carbocycles. The van der Waals surface area contributed by atoms with Gasteiger partial charge in [0.05, 0.1) is 17.8 Å². The van der Waals surface area contributed by atoms with Crippen LogP contribution in [-0.2, 0) is 11.2 Å². The van der Waals surface area contributed by atoms with E-state index >= 15 is 0 Å². The Hall–Kier alpha value is -2.08. The summed E-state index contributed by atoms with van der Waals surface area (Å²) in [6, 6.07) is 5.71. The number of alkyl halides is 2. The molecule has 0 spiro atoms. The fourth-order valence-electron chi connectivity index (χ4n) is 3.92. The van der Waals surface area contributed by atoms with Crippen LogP contribution in [0, 0.1) is 18.3 Å². The van der Waals surface area contributed by atoms with Crippen LogP contribution in [0.1, 0.15) is 53.7 Å². The number of nitrogens with zero attached hydrogens (tertiary/aromatic N) is 1. The van der Waals surface area contributed by atoms with Crippen molar-refractivity contribution < 1.29 is 18.3 Å². The van der Waals surface area contributed by atoms with E-state index in [-0.39, 0.29) is 36.7 Å². The molecule has 3 rings (SSSR count). The Labute approximate surface area is 158 Å². The number of nitrogens with one attached hydrogen (secondary N) is 1. The maximum atomic E-state index is 13.3. The van der Waals surface area contributed by atoms with Crippen molar-refractivity contribution in [2.24, 2.45) is 5.92 Å². The molecule has 27 heavy (non-hydrogen) atoms. The van der Waals surface area contributed by atoms with Gasteiger partial charge in [0.2, 0.25) is 11.7 Å². The van der Waals surface area contributed by atoms with E-state index < -0.39 is 5.92 Å². The molecule has 1 N–H and O–H groups in total. The lowest BCUT2D eigenvalue weighted by atomic mass is 9.82. The highest BCUT2D eigenvalue weighted by atomic mass is 19.3. The van der Waals surface area contributed by atoms with Gasteiger partial charge >= 0.3 is 0 Å². The summed E-state index contributed by atoms with van der Waals surface area (Å²) < 4.78 is 33.8. The van der Waals surface area contributed by atoms with Crippen LogP contribution < -0.4 is 0 Å². The Kier molecular flexibility index (Phi) is 5.75. The van der Waals surface area contributed by atoms with Crippen LogP contribution in [0.3, 0.4) is 0 Å². The highest BCUT2D eigenvalue weighted by Gasteiger charge is 2.35. The number of ether oxygens (including phenoxy) is 1. The average molecular weight is 376 g/mol. The smallest absolute Gasteiger partial charge is 0.248 e. The summed E-state index contributed by atoms with van der Waals surface area (Å²) in [6.45, 7) is 2.49.